The Morgan fingerprint density at radius 1 is 1.07 bits per heavy atom. The zero-order valence-electron chi connectivity index (χ0n) is 15.6. The van der Waals surface area contributed by atoms with Gasteiger partial charge in [-0.3, -0.25) is 14.6 Å². The largest absolute Gasteiger partial charge is 0.379 e. The van der Waals surface area contributed by atoms with Crippen molar-refractivity contribution >= 4 is 5.91 Å². The Balaban J connectivity index is 1.40. The third-order valence-electron chi connectivity index (χ3n) is 5.06. The number of nitrogens with zero attached hydrogens (tertiary/aromatic N) is 5. The average molecular weight is 371 g/mol. The lowest BCUT2D eigenvalue weighted by Crippen LogP contribution is -2.48. The molecule has 0 atom stereocenters. The van der Waals surface area contributed by atoms with Crippen LogP contribution in [0.2, 0.25) is 0 Å². The lowest BCUT2D eigenvalue weighted by Gasteiger charge is -2.30. The second kappa shape index (κ2) is 8.16. The van der Waals surface area contributed by atoms with Crippen molar-refractivity contribution in [3.05, 3.63) is 35.7 Å². The van der Waals surface area contributed by atoms with E-state index in [0.29, 0.717) is 24.8 Å². The minimum absolute atomic E-state index is 0.122. The molecule has 2 saturated heterocycles. The third kappa shape index (κ3) is 4.52. The highest BCUT2D eigenvalue weighted by Gasteiger charge is 2.23. The van der Waals surface area contributed by atoms with Gasteiger partial charge in [-0.1, -0.05) is 23.4 Å². The molecule has 4 rings (SSSR count). The van der Waals surface area contributed by atoms with Crippen LogP contribution in [0.3, 0.4) is 0 Å². The first-order valence-corrected chi connectivity index (χ1v) is 9.36. The molecule has 144 valence electrons. The summed E-state index contributed by atoms with van der Waals surface area (Å²) in [6.45, 7) is 6.83. The van der Waals surface area contributed by atoms with Gasteiger partial charge in [-0.05, 0) is 11.6 Å². The number of benzene rings is 1. The monoisotopic (exact) mass is 371 g/mol. The molecule has 2 aromatic rings. The van der Waals surface area contributed by atoms with Crippen molar-refractivity contribution in [1.82, 2.24) is 24.8 Å². The van der Waals surface area contributed by atoms with Gasteiger partial charge in [0.2, 0.25) is 17.6 Å². The van der Waals surface area contributed by atoms with Crippen LogP contribution in [-0.2, 0) is 22.6 Å². The molecule has 8 heteroatoms. The molecule has 0 N–H and O–H groups in total. The van der Waals surface area contributed by atoms with E-state index in [9.17, 15) is 4.79 Å². The Bertz CT molecular complexity index is 787. The van der Waals surface area contributed by atoms with E-state index in [-0.39, 0.29) is 5.91 Å². The minimum Gasteiger partial charge on any atom is -0.379 e. The molecular formula is C19H25N5O3. The highest BCUT2D eigenvalue weighted by Crippen LogP contribution is 2.19. The van der Waals surface area contributed by atoms with Gasteiger partial charge in [0.15, 0.2) is 0 Å². The summed E-state index contributed by atoms with van der Waals surface area (Å²) in [5.74, 6) is 1.26. The number of likely N-dealkylation sites (N-methyl/N-ethyl adjacent to an activating group) is 1. The van der Waals surface area contributed by atoms with E-state index in [2.05, 4.69) is 27.2 Å². The van der Waals surface area contributed by atoms with Crippen molar-refractivity contribution in [2.75, 3.05) is 53.0 Å². The van der Waals surface area contributed by atoms with Crippen molar-refractivity contribution in [3.8, 4) is 11.4 Å². The second-order valence-corrected chi connectivity index (χ2v) is 7.13. The molecular weight excluding hydrogens is 346 g/mol. The standard InChI is InChI=1S/C19H25N5O3/c1-22-5-6-24(14-18(22)25)13-17-20-19(21-27-17)16-4-2-3-15(11-16)12-23-7-9-26-10-8-23/h2-4,11H,5-10,12-14H2,1H3. The van der Waals surface area contributed by atoms with Gasteiger partial charge in [-0.15, -0.1) is 0 Å². The molecule has 0 spiro atoms. The number of rotatable bonds is 5. The predicted octanol–water partition coefficient (Wildman–Crippen LogP) is 0.843. The van der Waals surface area contributed by atoms with Crippen molar-refractivity contribution in [1.29, 1.82) is 0 Å². The summed E-state index contributed by atoms with van der Waals surface area (Å²) in [5.41, 5.74) is 2.18. The summed E-state index contributed by atoms with van der Waals surface area (Å²) in [6, 6.07) is 8.26. The lowest BCUT2D eigenvalue weighted by atomic mass is 10.1. The molecule has 2 aliphatic rings. The van der Waals surface area contributed by atoms with Crippen LogP contribution in [0.15, 0.2) is 28.8 Å². The molecule has 2 aliphatic heterocycles. The van der Waals surface area contributed by atoms with Gasteiger partial charge in [0, 0.05) is 45.3 Å². The van der Waals surface area contributed by atoms with Gasteiger partial charge in [-0.2, -0.15) is 4.98 Å². The van der Waals surface area contributed by atoms with Crippen LogP contribution < -0.4 is 0 Å². The third-order valence-corrected chi connectivity index (χ3v) is 5.06. The van der Waals surface area contributed by atoms with Crippen LogP contribution in [0, 0.1) is 0 Å². The van der Waals surface area contributed by atoms with Crippen molar-refractivity contribution < 1.29 is 14.1 Å². The van der Waals surface area contributed by atoms with Crippen LogP contribution >= 0.6 is 0 Å². The molecule has 2 fully saturated rings. The van der Waals surface area contributed by atoms with Gasteiger partial charge < -0.3 is 14.2 Å². The molecule has 1 aromatic heterocycles. The molecule has 0 saturated carbocycles. The predicted molar refractivity (Wildman–Crippen MR) is 98.7 cm³/mol. The first-order valence-electron chi connectivity index (χ1n) is 9.36. The van der Waals surface area contributed by atoms with E-state index in [1.165, 1.54) is 5.56 Å². The van der Waals surface area contributed by atoms with E-state index >= 15 is 0 Å². The molecule has 0 aliphatic carbocycles. The number of amides is 1. The summed E-state index contributed by atoms with van der Waals surface area (Å²) in [5, 5.41) is 4.13. The van der Waals surface area contributed by atoms with E-state index < -0.39 is 0 Å². The fourth-order valence-corrected chi connectivity index (χ4v) is 3.40. The normalized spacial score (nSPS) is 19.6. The molecule has 1 aromatic carbocycles. The number of morpholine rings is 1. The zero-order valence-corrected chi connectivity index (χ0v) is 15.6. The summed E-state index contributed by atoms with van der Waals surface area (Å²) >= 11 is 0. The summed E-state index contributed by atoms with van der Waals surface area (Å²) < 4.78 is 10.8. The highest BCUT2D eigenvalue weighted by molar-refractivity contribution is 5.78. The average Bonchev–Trinajstić information content (AvgIpc) is 3.14. The summed E-state index contributed by atoms with van der Waals surface area (Å²) in [6.07, 6.45) is 0. The maximum absolute atomic E-state index is 11.8. The number of carbonyl (C=O) groups excluding carboxylic acids is 1. The van der Waals surface area contributed by atoms with Crippen LogP contribution in [0.1, 0.15) is 11.5 Å². The molecule has 1 amide bonds. The van der Waals surface area contributed by atoms with Gasteiger partial charge in [0.1, 0.15) is 0 Å². The zero-order chi connectivity index (χ0) is 18.6. The highest BCUT2D eigenvalue weighted by atomic mass is 16.5. The molecule has 27 heavy (non-hydrogen) atoms. The summed E-state index contributed by atoms with van der Waals surface area (Å²) in [4.78, 5) is 22.5. The number of hydrogen-bond donors (Lipinski definition) is 0. The van der Waals surface area contributed by atoms with E-state index in [1.807, 2.05) is 24.1 Å². The second-order valence-electron chi connectivity index (χ2n) is 7.13. The van der Waals surface area contributed by atoms with Gasteiger partial charge >= 0.3 is 0 Å². The number of carbonyl (C=O) groups is 1. The fraction of sp³-hybridized carbons (Fsp3) is 0.526. The maximum atomic E-state index is 11.8. The Labute approximate surface area is 158 Å². The van der Waals surface area contributed by atoms with Crippen LogP contribution in [0.4, 0.5) is 0 Å². The number of piperazine rings is 1. The Morgan fingerprint density at radius 2 is 1.93 bits per heavy atom. The smallest absolute Gasteiger partial charge is 0.241 e. The van der Waals surface area contributed by atoms with Crippen LogP contribution in [0.25, 0.3) is 11.4 Å². The van der Waals surface area contributed by atoms with Crippen molar-refractivity contribution in [2.45, 2.75) is 13.1 Å². The van der Waals surface area contributed by atoms with E-state index in [4.69, 9.17) is 9.26 Å². The maximum Gasteiger partial charge on any atom is 0.241 e. The van der Waals surface area contributed by atoms with Crippen LogP contribution in [0.5, 0.6) is 0 Å². The van der Waals surface area contributed by atoms with Crippen LogP contribution in [-0.4, -0.2) is 83.7 Å². The van der Waals surface area contributed by atoms with E-state index in [0.717, 1.165) is 51.5 Å². The summed E-state index contributed by atoms with van der Waals surface area (Å²) in [7, 11) is 1.83. The SMILES string of the molecule is CN1CCN(Cc2nc(-c3cccc(CN4CCOCC4)c3)no2)CC1=O. The molecule has 0 radical (unpaired) electrons. The van der Waals surface area contributed by atoms with Crippen molar-refractivity contribution in [2.24, 2.45) is 0 Å². The molecule has 0 unspecified atom stereocenters. The van der Waals surface area contributed by atoms with Gasteiger partial charge in [0.05, 0.1) is 26.3 Å². The Hall–Kier alpha value is -2.29. The van der Waals surface area contributed by atoms with Gasteiger partial charge in [-0.25, -0.2) is 0 Å². The van der Waals surface area contributed by atoms with Crippen molar-refractivity contribution in [3.63, 3.8) is 0 Å². The molecule has 3 heterocycles. The minimum atomic E-state index is 0.122. The number of hydrogen-bond acceptors (Lipinski definition) is 7. The Kier molecular flexibility index (Phi) is 5.47. The number of ether oxygens (including phenoxy) is 1. The molecule has 0 bridgehead atoms. The number of aromatic nitrogens is 2. The first-order chi connectivity index (χ1) is 13.2. The lowest BCUT2D eigenvalue weighted by molar-refractivity contribution is -0.134. The molecule has 8 nitrogen and oxygen atoms in total. The van der Waals surface area contributed by atoms with Gasteiger partial charge in [0.25, 0.3) is 0 Å². The Morgan fingerprint density at radius 3 is 2.74 bits per heavy atom. The fourth-order valence-electron chi connectivity index (χ4n) is 3.40. The first kappa shape index (κ1) is 18.1. The quantitative estimate of drug-likeness (QED) is 0.771. The topological polar surface area (TPSA) is 74.9 Å². The van der Waals surface area contributed by atoms with E-state index in [1.54, 1.807) is 4.90 Å².